The number of nitrogens with zero attached hydrogens (tertiary/aromatic N) is 1. The molecule has 1 atom stereocenters. The van der Waals surface area contributed by atoms with Crippen LogP contribution in [0.1, 0.15) is 35.0 Å². The van der Waals surface area contributed by atoms with Gasteiger partial charge in [-0.05, 0) is 49.9 Å². The van der Waals surface area contributed by atoms with Crippen molar-refractivity contribution in [1.82, 2.24) is 4.90 Å². The van der Waals surface area contributed by atoms with Gasteiger partial charge in [0, 0.05) is 13.1 Å². The normalized spacial score (nSPS) is 17.3. The number of rotatable bonds is 4. The minimum absolute atomic E-state index is 0.165. The first-order chi connectivity index (χ1) is 11.5. The van der Waals surface area contributed by atoms with E-state index in [1.807, 2.05) is 17.2 Å². The summed E-state index contributed by atoms with van der Waals surface area (Å²) < 4.78 is 9.92. The molecule has 0 saturated carbocycles. The minimum Gasteiger partial charge on any atom is -0.466 e. The number of anilines is 1. The van der Waals surface area contributed by atoms with Gasteiger partial charge in [-0.2, -0.15) is 0 Å². The van der Waals surface area contributed by atoms with Crippen LogP contribution in [-0.2, 0) is 14.3 Å². The van der Waals surface area contributed by atoms with Crippen LogP contribution in [0, 0.1) is 12.8 Å². The SMILES string of the molecule is CCOC(=O)[C@H]1CCCN(C(=S)Nc2c(C)csc2C(=O)OC)C1. The molecule has 0 bridgehead atoms. The Kier molecular flexibility index (Phi) is 6.56. The molecule has 2 heterocycles. The average molecular weight is 370 g/mol. The third-order valence-electron chi connectivity index (χ3n) is 3.91. The van der Waals surface area contributed by atoms with E-state index in [0.717, 1.165) is 24.9 Å². The van der Waals surface area contributed by atoms with Gasteiger partial charge in [0.25, 0.3) is 0 Å². The van der Waals surface area contributed by atoms with Crippen LogP contribution in [0.2, 0.25) is 0 Å². The number of nitrogens with one attached hydrogen (secondary N) is 1. The lowest BCUT2D eigenvalue weighted by molar-refractivity contribution is -0.149. The number of aryl methyl sites for hydroxylation is 1. The van der Waals surface area contributed by atoms with E-state index in [2.05, 4.69) is 5.32 Å². The first-order valence-electron chi connectivity index (χ1n) is 7.86. The fraction of sp³-hybridized carbons (Fsp3) is 0.562. The number of thiocarbonyl (C=S) groups is 1. The summed E-state index contributed by atoms with van der Waals surface area (Å²) in [5, 5.41) is 5.54. The van der Waals surface area contributed by atoms with Crippen molar-refractivity contribution in [3.8, 4) is 0 Å². The molecule has 1 N–H and O–H groups in total. The maximum atomic E-state index is 11.9. The Bertz CT molecular complexity index is 630. The highest BCUT2D eigenvalue weighted by Crippen LogP contribution is 2.29. The number of piperidine rings is 1. The molecule has 132 valence electrons. The van der Waals surface area contributed by atoms with Gasteiger partial charge in [0.1, 0.15) is 4.88 Å². The molecule has 0 aromatic carbocycles. The predicted octanol–water partition coefficient (Wildman–Crippen LogP) is 2.82. The molecule has 24 heavy (non-hydrogen) atoms. The monoisotopic (exact) mass is 370 g/mol. The fourth-order valence-corrected chi connectivity index (χ4v) is 3.83. The number of carbonyl (C=O) groups is 2. The maximum Gasteiger partial charge on any atom is 0.350 e. The molecular weight excluding hydrogens is 348 g/mol. The lowest BCUT2D eigenvalue weighted by Crippen LogP contribution is -2.44. The first-order valence-corrected chi connectivity index (χ1v) is 9.15. The van der Waals surface area contributed by atoms with Crippen molar-refractivity contribution in [3.05, 3.63) is 15.8 Å². The molecule has 2 rings (SSSR count). The zero-order valence-electron chi connectivity index (χ0n) is 14.1. The van der Waals surface area contributed by atoms with Crippen LogP contribution >= 0.6 is 23.6 Å². The lowest BCUT2D eigenvalue weighted by Gasteiger charge is -2.33. The smallest absolute Gasteiger partial charge is 0.350 e. The van der Waals surface area contributed by atoms with E-state index in [1.54, 1.807) is 6.92 Å². The number of hydrogen-bond donors (Lipinski definition) is 1. The quantitative estimate of drug-likeness (QED) is 0.646. The van der Waals surface area contributed by atoms with Crippen molar-refractivity contribution < 1.29 is 19.1 Å². The molecule has 1 aliphatic rings. The highest BCUT2D eigenvalue weighted by molar-refractivity contribution is 7.80. The maximum absolute atomic E-state index is 11.9. The molecule has 0 unspecified atom stereocenters. The van der Waals surface area contributed by atoms with Crippen LogP contribution in [0.4, 0.5) is 5.69 Å². The van der Waals surface area contributed by atoms with Crippen molar-refractivity contribution >= 4 is 46.3 Å². The fourth-order valence-electron chi connectivity index (χ4n) is 2.64. The van der Waals surface area contributed by atoms with Gasteiger partial charge in [0.2, 0.25) is 0 Å². The lowest BCUT2D eigenvalue weighted by atomic mass is 9.98. The molecule has 1 aromatic heterocycles. The Morgan fingerprint density at radius 3 is 2.92 bits per heavy atom. The molecule has 0 amide bonds. The molecule has 1 fully saturated rings. The van der Waals surface area contributed by atoms with E-state index < -0.39 is 0 Å². The van der Waals surface area contributed by atoms with E-state index in [0.29, 0.717) is 28.8 Å². The number of likely N-dealkylation sites (tertiary alicyclic amines) is 1. The molecular formula is C16H22N2O4S2. The van der Waals surface area contributed by atoms with Gasteiger partial charge in [0.15, 0.2) is 5.11 Å². The van der Waals surface area contributed by atoms with Crippen molar-refractivity contribution in [1.29, 1.82) is 0 Å². The predicted molar refractivity (Wildman–Crippen MR) is 97.5 cm³/mol. The van der Waals surface area contributed by atoms with Crippen molar-refractivity contribution in [2.24, 2.45) is 5.92 Å². The van der Waals surface area contributed by atoms with Gasteiger partial charge < -0.3 is 19.7 Å². The topological polar surface area (TPSA) is 67.9 Å². The van der Waals surface area contributed by atoms with Crippen LogP contribution < -0.4 is 5.32 Å². The zero-order chi connectivity index (χ0) is 17.7. The van der Waals surface area contributed by atoms with E-state index in [-0.39, 0.29) is 17.9 Å². The first kappa shape index (κ1) is 18.7. The number of hydrogen-bond acceptors (Lipinski definition) is 6. The van der Waals surface area contributed by atoms with Gasteiger partial charge in [-0.15, -0.1) is 11.3 Å². The van der Waals surface area contributed by atoms with Gasteiger partial charge in [0.05, 0.1) is 25.3 Å². The Hall–Kier alpha value is -1.67. The number of thiophene rings is 1. The van der Waals surface area contributed by atoms with E-state index in [9.17, 15) is 9.59 Å². The highest BCUT2D eigenvalue weighted by atomic mass is 32.1. The standard InChI is InChI=1S/C16H22N2O4S2/c1-4-22-14(19)11-6-5-7-18(8-11)16(23)17-12-10(2)9-24-13(12)15(20)21-3/h9,11H,4-8H2,1-3H3,(H,17,23)/t11-/m0/s1. The number of methoxy groups -OCH3 is 1. The summed E-state index contributed by atoms with van der Waals surface area (Å²) in [6, 6.07) is 0. The molecule has 0 aliphatic carbocycles. The zero-order valence-corrected chi connectivity index (χ0v) is 15.7. The summed E-state index contributed by atoms with van der Waals surface area (Å²) in [4.78, 5) is 26.2. The summed E-state index contributed by atoms with van der Waals surface area (Å²) in [7, 11) is 1.36. The molecule has 1 aliphatic heterocycles. The second-order valence-corrected chi connectivity index (χ2v) is 6.85. The van der Waals surface area contributed by atoms with Crippen LogP contribution in [0.5, 0.6) is 0 Å². The average Bonchev–Trinajstić information content (AvgIpc) is 2.95. The van der Waals surface area contributed by atoms with E-state index in [1.165, 1.54) is 18.4 Å². The van der Waals surface area contributed by atoms with Gasteiger partial charge >= 0.3 is 11.9 Å². The minimum atomic E-state index is -0.388. The number of esters is 2. The van der Waals surface area contributed by atoms with Gasteiger partial charge in [-0.3, -0.25) is 4.79 Å². The Balaban J connectivity index is 2.06. The summed E-state index contributed by atoms with van der Waals surface area (Å²) in [5.41, 5.74) is 1.61. The largest absolute Gasteiger partial charge is 0.466 e. The Labute approximate surface area is 151 Å². The number of carbonyl (C=O) groups excluding carboxylic acids is 2. The van der Waals surface area contributed by atoms with E-state index >= 15 is 0 Å². The molecule has 8 heteroatoms. The third-order valence-corrected chi connectivity index (χ3v) is 5.34. The van der Waals surface area contributed by atoms with Crippen LogP contribution in [0.15, 0.2) is 5.38 Å². The summed E-state index contributed by atoms with van der Waals surface area (Å²) in [5.74, 6) is -0.726. The summed E-state index contributed by atoms with van der Waals surface area (Å²) in [6.45, 7) is 5.40. The molecule has 0 radical (unpaired) electrons. The number of ether oxygens (including phenoxy) is 2. The molecule has 1 saturated heterocycles. The molecule has 6 nitrogen and oxygen atoms in total. The van der Waals surface area contributed by atoms with Crippen molar-refractivity contribution in [3.63, 3.8) is 0 Å². The van der Waals surface area contributed by atoms with Gasteiger partial charge in [-0.25, -0.2) is 4.79 Å². The highest BCUT2D eigenvalue weighted by Gasteiger charge is 2.29. The summed E-state index contributed by atoms with van der Waals surface area (Å²) >= 11 is 6.80. The Morgan fingerprint density at radius 2 is 2.25 bits per heavy atom. The Morgan fingerprint density at radius 1 is 1.50 bits per heavy atom. The third kappa shape index (κ3) is 4.24. The van der Waals surface area contributed by atoms with E-state index in [4.69, 9.17) is 21.7 Å². The van der Waals surface area contributed by atoms with Crippen molar-refractivity contribution in [2.45, 2.75) is 26.7 Å². The van der Waals surface area contributed by atoms with Gasteiger partial charge in [-0.1, -0.05) is 0 Å². The molecule has 0 spiro atoms. The van der Waals surface area contributed by atoms with Crippen molar-refractivity contribution in [2.75, 3.05) is 32.1 Å². The second kappa shape index (κ2) is 8.43. The van der Waals surface area contributed by atoms with Crippen LogP contribution in [-0.4, -0.2) is 48.8 Å². The second-order valence-electron chi connectivity index (χ2n) is 5.58. The van der Waals surface area contributed by atoms with Crippen LogP contribution in [0.25, 0.3) is 0 Å². The van der Waals surface area contributed by atoms with Crippen LogP contribution in [0.3, 0.4) is 0 Å². The molecule has 1 aromatic rings. The summed E-state index contributed by atoms with van der Waals surface area (Å²) in [6.07, 6.45) is 1.68.